The molecule has 1 aliphatic heterocycles. The number of aromatic hydroxyl groups is 1. The zero-order chi connectivity index (χ0) is 23.5. The van der Waals surface area contributed by atoms with E-state index in [0.29, 0.717) is 29.3 Å². The van der Waals surface area contributed by atoms with Crippen LogP contribution in [0.25, 0.3) is 0 Å². The number of benzene rings is 3. The Labute approximate surface area is 196 Å². The third-order valence-corrected chi connectivity index (χ3v) is 5.75. The van der Waals surface area contributed by atoms with Crippen LogP contribution in [-0.2, 0) is 27.3 Å². The number of methoxy groups -OCH3 is 1. The first-order valence-corrected chi connectivity index (χ1v) is 10.8. The Morgan fingerprint density at radius 2 is 1.94 bits per heavy atom. The number of esters is 1. The Balaban J connectivity index is 1.53. The molecule has 8 heteroatoms. The lowest BCUT2D eigenvalue weighted by Gasteiger charge is -2.21. The van der Waals surface area contributed by atoms with Crippen LogP contribution in [0.5, 0.6) is 17.2 Å². The molecule has 33 heavy (non-hydrogen) atoms. The summed E-state index contributed by atoms with van der Waals surface area (Å²) in [5, 5.41) is 13.1. The van der Waals surface area contributed by atoms with Gasteiger partial charge in [0.05, 0.1) is 12.1 Å². The minimum atomic E-state index is -0.999. The van der Waals surface area contributed by atoms with Gasteiger partial charge in [-0.3, -0.25) is 4.79 Å². The maximum Gasteiger partial charge on any atom is 0.396 e. The number of carbonyl (C=O) groups excluding carboxylic acids is 2. The first-order chi connectivity index (χ1) is 15.9. The number of nitrogens with one attached hydrogen (secondary N) is 1. The number of amides is 1. The molecule has 0 atom stereocenters. The van der Waals surface area contributed by atoms with Crippen LogP contribution in [0.15, 0.2) is 54.6 Å². The Kier molecular flexibility index (Phi) is 6.42. The molecule has 1 aliphatic rings. The van der Waals surface area contributed by atoms with Gasteiger partial charge in [0.1, 0.15) is 17.2 Å². The molecule has 0 radical (unpaired) electrons. The van der Waals surface area contributed by atoms with Crippen LogP contribution >= 0.6 is 11.6 Å². The minimum Gasteiger partial charge on any atom is -0.508 e. The van der Waals surface area contributed by atoms with Crippen molar-refractivity contribution >= 4 is 34.9 Å². The number of rotatable bonds is 5. The largest absolute Gasteiger partial charge is 0.508 e. The van der Waals surface area contributed by atoms with E-state index >= 15 is 0 Å². The predicted molar refractivity (Wildman–Crippen MR) is 126 cm³/mol. The number of phenols is 1. The number of ether oxygens (including phenoxy) is 2. The molecule has 4 rings (SSSR count). The van der Waals surface area contributed by atoms with Gasteiger partial charge in [-0.1, -0.05) is 29.8 Å². The predicted octanol–water partition coefficient (Wildman–Crippen LogP) is 4.82. The van der Waals surface area contributed by atoms with Crippen molar-refractivity contribution in [3.8, 4) is 17.2 Å². The normalized spacial score (nSPS) is 12.3. The van der Waals surface area contributed by atoms with E-state index in [4.69, 9.17) is 16.3 Å². The first kappa shape index (κ1) is 22.5. The molecule has 0 aromatic heterocycles. The third kappa shape index (κ3) is 4.88. The Morgan fingerprint density at radius 1 is 1.15 bits per heavy atom. The molecular weight excluding hydrogens is 444 g/mol. The fourth-order valence-corrected chi connectivity index (χ4v) is 4.16. The average Bonchev–Trinajstić information content (AvgIpc) is 3.20. The van der Waals surface area contributed by atoms with Gasteiger partial charge in [0.2, 0.25) is 0 Å². The highest BCUT2D eigenvalue weighted by atomic mass is 35.5. The van der Waals surface area contributed by atoms with Crippen LogP contribution in [0.4, 0.5) is 11.4 Å². The maximum absolute atomic E-state index is 11.7. The Hall–Kier alpha value is -3.71. The topological polar surface area (TPSA) is 88.1 Å². The van der Waals surface area contributed by atoms with Gasteiger partial charge in [-0.15, -0.1) is 0 Å². The second kappa shape index (κ2) is 9.42. The van der Waals surface area contributed by atoms with Gasteiger partial charge in [0.25, 0.3) is 0 Å². The second-order valence-corrected chi connectivity index (χ2v) is 8.15. The van der Waals surface area contributed by atoms with Crippen molar-refractivity contribution in [1.82, 2.24) is 0 Å². The van der Waals surface area contributed by atoms with E-state index in [2.05, 4.69) is 27.1 Å². The molecule has 170 valence electrons. The number of carbonyl (C=O) groups is 2. The van der Waals surface area contributed by atoms with Crippen molar-refractivity contribution in [3.63, 3.8) is 0 Å². The van der Waals surface area contributed by atoms with Gasteiger partial charge >= 0.3 is 11.9 Å². The van der Waals surface area contributed by atoms with Crippen LogP contribution < -0.4 is 15.0 Å². The monoisotopic (exact) mass is 466 g/mol. The molecule has 0 saturated heterocycles. The summed E-state index contributed by atoms with van der Waals surface area (Å²) >= 11 is 6.40. The highest BCUT2D eigenvalue weighted by Gasteiger charge is 2.20. The number of halogens is 1. The molecular formula is C25H23ClN2O5. The summed E-state index contributed by atoms with van der Waals surface area (Å²) in [6.45, 7) is 3.20. The van der Waals surface area contributed by atoms with Crippen LogP contribution in [0, 0.1) is 6.92 Å². The van der Waals surface area contributed by atoms with E-state index < -0.39 is 11.9 Å². The molecule has 0 spiro atoms. The number of hydrogen-bond acceptors (Lipinski definition) is 6. The molecule has 0 saturated carbocycles. The van der Waals surface area contributed by atoms with Crippen molar-refractivity contribution in [2.24, 2.45) is 0 Å². The number of nitrogens with zero attached hydrogens (tertiary/aromatic N) is 1. The SMILES string of the molecule is COC(=O)C(=O)Nc1cc(C)c(Oc2ccc(O)c(CN3CCc4ccccc43)c2)c(Cl)c1. The van der Waals surface area contributed by atoms with E-state index in [1.54, 1.807) is 31.2 Å². The molecule has 1 heterocycles. The minimum absolute atomic E-state index is 0.190. The number of fused-ring (bicyclic) bond motifs is 1. The van der Waals surface area contributed by atoms with Gasteiger partial charge in [-0.2, -0.15) is 0 Å². The molecule has 0 bridgehead atoms. The fraction of sp³-hybridized carbons (Fsp3) is 0.200. The summed E-state index contributed by atoms with van der Waals surface area (Å²) in [6.07, 6.45) is 0.973. The van der Waals surface area contributed by atoms with Gasteiger partial charge in [-0.25, -0.2) is 4.79 Å². The van der Waals surface area contributed by atoms with Gasteiger partial charge < -0.3 is 24.8 Å². The van der Waals surface area contributed by atoms with Crippen molar-refractivity contribution in [1.29, 1.82) is 0 Å². The molecule has 1 amide bonds. The standard InChI is InChI=1S/C25H23ClN2O5/c1-15-11-18(27-24(30)25(31)32-2)13-20(26)23(15)33-19-7-8-22(29)17(12-19)14-28-10-9-16-5-3-4-6-21(16)28/h3-8,11-13,29H,9-10,14H2,1-2H3,(H,27,30). The third-order valence-electron chi connectivity index (χ3n) is 5.47. The van der Waals surface area contributed by atoms with E-state index in [-0.39, 0.29) is 10.8 Å². The number of anilines is 2. The summed E-state index contributed by atoms with van der Waals surface area (Å²) in [5.74, 6) is -0.771. The van der Waals surface area contributed by atoms with Gasteiger partial charge in [0, 0.05) is 30.0 Å². The summed E-state index contributed by atoms with van der Waals surface area (Å²) in [5.41, 5.74) is 4.21. The number of phenolic OH excluding ortho intramolecular Hbond substituents is 1. The summed E-state index contributed by atoms with van der Waals surface area (Å²) in [6, 6.07) is 16.4. The second-order valence-electron chi connectivity index (χ2n) is 7.74. The summed E-state index contributed by atoms with van der Waals surface area (Å²) in [7, 11) is 1.13. The van der Waals surface area contributed by atoms with Gasteiger partial charge in [-0.05, 0) is 60.9 Å². The number of hydrogen-bond donors (Lipinski definition) is 2. The number of aryl methyl sites for hydroxylation is 1. The average molecular weight is 467 g/mol. The molecule has 0 unspecified atom stereocenters. The van der Waals surface area contributed by atoms with E-state index in [1.165, 1.54) is 17.3 Å². The summed E-state index contributed by atoms with van der Waals surface area (Å²) < 4.78 is 10.4. The molecule has 3 aromatic carbocycles. The first-order valence-electron chi connectivity index (χ1n) is 10.4. The van der Waals surface area contributed by atoms with E-state index in [9.17, 15) is 14.7 Å². The molecule has 0 aliphatic carbocycles. The Bertz CT molecular complexity index is 1200. The molecule has 0 fully saturated rings. The van der Waals surface area contributed by atoms with Crippen LogP contribution in [0.2, 0.25) is 5.02 Å². The van der Waals surface area contributed by atoms with Crippen molar-refractivity contribution in [2.75, 3.05) is 23.9 Å². The van der Waals surface area contributed by atoms with Crippen LogP contribution in [0.1, 0.15) is 16.7 Å². The molecule has 2 N–H and O–H groups in total. The molecule has 3 aromatic rings. The maximum atomic E-state index is 11.7. The lowest BCUT2D eigenvalue weighted by atomic mass is 10.1. The fourth-order valence-electron chi connectivity index (χ4n) is 3.85. The van der Waals surface area contributed by atoms with Crippen molar-refractivity contribution in [2.45, 2.75) is 19.9 Å². The van der Waals surface area contributed by atoms with Crippen molar-refractivity contribution in [3.05, 3.63) is 76.3 Å². The zero-order valence-corrected chi connectivity index (χ0v) is 19.0. The van der Waals surface area contributed by atoms with Crippen LogP contribution in [0.3, 0.4) is 0 Å². The van der Waals surface area contributed by atoms with Gasteiger partial charge in [0.15, 0.2) is 0 Å². The zero-order valence-electron chi connectivity index (χ0n) is 18.2. The quantitative estimate of drug-likeness (QED) is 0.414. The smallest absolute Gasteiger partial charge is 0.396 e. The Morgan fingerprint density at radius 3 is 2.70 bits per heavy atom. The highest BCUT2D eigenvalue weighted by molar-refractivity contribution is 6.37. The number of para-hydroxylation sites is 1. The van der Waals surface area contributed by atoms with Crippen molar-refractivity contribution < 1.29 is 24.2 Å². The van der Waals surface area contributed by atoms with E-state index in [1.807, 2.05) is 12.1 Å². The van der Waals surface area contributed by atoms with Crippen LogP contribution in [-0.4, -0.2) is 30.6 Å². The lowest BCUT2D eigenvalue weighted by Crippen LogP contribution is -2.23. The lowest BCUT2D eigenvalue weighted by molar-refractivity contribution is -0.150. The van der Waals surface area contributed by atoms with E-state index in [0.717, 1.165) is 25.6 Å². The highest BCUT2D eigenvalue weighted by Crippen LogP contribution is 2.37. The summed E-state index contributed by atoms with van der Waals surface area (Å²) in [4.78, 5) is 25.3. The molecule has 7 nitrogen and oxygen atoms in total.